The normalized spacial score (nSPS) is 13.8. The van der Waals surface area contributed by atoms with Gasteiger partial charge >= 0.3 is 0 Å². The molecule has 3 rings (SSSR count). The number of likely N-dealkylation sites (N-methyl/N-ethyl adjacent to an activating group) is 1. The molecule has 0 unspecified atom stereocenters. The Balaban J connectivity index is 1.60. The van der Waals surface area contributed by atoms with Crippen molar-refractivity contribution in [1.29, 1.82) is 0 Å². The highest BCUT2D eigenvalue weighted by Gasteiger charge is 2.22. The molecule has 1 heterocycles. The molecule has 0 bridgehead atoms. The number of hydrogen-bond acceptors (Lipinski definition) is 4. The van der Waals surface area contributed by atoms with Crippen LogP contribution in [0.1, 0.15) is 24.2 Å². The van der Waals surface area contributed by atoms with Crippen LogP contribution in [-0.4, -0.2) is 50.6 Å². The standard InChI is InChI=1S/C22H30N4O3/c1-26(2)21(27)15-25-22(23-12-11-19-7-5-13-28-19)24-14-18-6-3-4-8-20(18)29-16-17-9-10-17/h3-8,13,17H,9-12,14-16H2,1-2H3,(H2,23,24,25). The molecule has 7 heteroatoms. The van der Waals surface area contributed by atoms with Gasteiger partial charge in [0.1, 0.15) is 11.5 Å². The van der Waals surface area contributed by atoms with Gasteiger partial charge in [-0.25, -0.2) is 4.99 Å². The summed E-state index contributed by atoms with van der Waals surface area (Å²) in [5, 5.41) is 6.38. The summed E-state index contributed by atoms with van der Waals surface area (Å²) in [6, 6.07) is 11.8. The van der Waals surface area contributed by atoms with E-state index in [9.17, 15) is 4.79 Å². The van der Waals surface area contributed by atoms with Crippen LogP contribution >= 0.6 is 0 Å². The van der Waals surface area contributed by atoms with E-state index >= 15 is 0 Å². The van der Waals surface area contributed by atoms with E-state index in [4.69, 9.17) is 9.15 Å². The lowest BCUT2D eigenvalue weighted by molar-refractivity contribution is -0.127. The molecule has 1 fully saturated rings. The van der Waals surface area contributed by atoms with Crippen molar-refractivity contribution in [2.24, 2.45) is 10.9 Å². The molecule has 1 aliphatic carbocycles. The fraction of sp³-hybridized carbons (Fsp3) is 0.455. The first-order valence-electron chi connectivity index (χ1n) is 10.1. The molecular weight excluding hydrogens is 368 g/mol. The predicted molar refractivity (Wildman–Crippen MR) is 113 cm³/mol. The van der Waals surface area contributed by atoms with Crippen LogP contribution < -0.4 is 15.4 Å². The number of furan rings is 1. The molecule has 2 N–H and O–H groups in total. The summed E-state index contributed by atoms with van der Waals surface area (Å²) in [4.78, 5) is 18.1. The van der Waals surface area contributed by atoms with E-state index in [0.29, 0.717) is 25.0 Å². The second-order valence-corrected chi connectivity index (χ2v) is 7.42. The largest absolute Gasteiger partial charge is 0.493 e. The van der Waals surface area contributed by atoms with Gasteiger partial charge in [0, 0.05) is 32.6 Å². The Bertz CT molecular complexity index is 798. The van der Waals surface area contributed by atoms with Crippen molar-refractivity contribution in [2.45, 2.75) is 25.8 Å². The number of rotatable bonds is 10. The summed E-state index contributed by atoms with van der Waals surface area (Å²) in [6.45, 7) is 2.06. The molecule has 1 aromatic heterocycles. The average Bonchev–Trinajstić information content (AvgIpc) is 3.41. The van der Waals surface area contributed by atoms with Crippen molar-refractivity contribution in [3.8, 4) is 5.75 Å². The van der Waals surface area contributed by atoms with E-state index in [1.807, 2.05) is 36.4 Å². The summed E-state index contributed by atoms with van der Waals surface area (Å²) in [6.07, 6.45) is 4.91. The van der Waals surface area contributed by atoms with Gasteiger partial charge < -0.3 is 24.7 Å². The van der Waals surface area contributed by atoms with Crippen molar-refractivity contribution < 1.29 is 13.9 Å². The van der Waals surface area contributed by atoms with Crippen LogP contribution in [0.3, 0.4) is 0 Å². The second kappa shape index (κ2) is 10.5. The smallest absolute Gasteiger partial charge is 0.241 e. The molecule has 156 valence electrons. The zero-order valence-electron chi connectivity index (χ0n) is 17.2. The van der Waals surface area contributed by atoms with Crippen LogP contribution in [-0.2, 0) is 17.8 Å². The first-order chi connectivity index (χ1) is 14.1. The van der Waals surface area contributed by atoms with Gasteiger partial charge in [-0.05, 0) is 37.0 Å². The number of nitrogens with zero attached hydrogens (tertiary/aromatic N) is 2. The number of ether oxygens (including phenoxy) is 1. The molecule has 29 heavy (non-hydrogen) atoms. The SMILES string of the molecule is CN(C)C(=O)CNC(=NCc1ccccc1OCC1CC1)NCCc1ccco1. The van der Waals surface area contributed by atoms with Crippen molar-refractivity contribution in [1.82, 2.24) is 15.5 Å². The van der Waals surface area contributed by atoms with Gasteiger partial charge in [0.15, 0.2) is 5.96 Å². The van der Waals surface area contributed by atoms with Gasteiger partial charge in [0.25, 0.3) is 0 Å². The minimum absolute atomic E-state index is 0.0151. The third-order valence-corrected chi connectivity index (χ3v) is 4.70. The third-order valence-electron chi connectivity index (χ3n) is 4.70. The average molecular weight is 399 g/mol. The van der Waals surface area contributed by atoms with E-state index in [0.717, 1.165) is 30.1 Å². The number of guanidine groups is 1. The molecule has 0 radical (unpaired) electrons. The minimum Gasteiger partial charge on any atom is -0.493 e. The van der Waals surface area contributed by atoms with Crippen LogP contribution in [0.4, 0.5) is 0 Å². The highest BCUT2D eigenvalue weighted by Crippen LogP contribution is 2.30. The molecule has 2 aromatic rings. The third kappa shape index (κ3) is 7.18. The molecule has 0 atom stereocenters. The van der Waals surface area contributed by atoms with E-state index < -0.39 is 0 Å². The van der Waals surface area contributed by atoms with E-state index in [2.05, 4.69) is 15.6 Å². The number of para-hydroxylation sites is 1. The summed E-state index contributed by atoms with van der Waals surface area (Å²) in [5.41, 5.74) is 1.03. The Kier molecular flexibility index (Phi) is 7.55. The molecule has 1 saturated carbocycles. The lowest BCUT2D eigenvalue weighted by atomic mass is 10.2. The molecular formula is C22H30N4O3. The van der Waals surface area contributed by atoms with Crippen LogP contribution in [0, 0.1) is 5.92 Å². The van der Waals surface area contributed by atoms with Gasteiger partial charge in [-0.3, -0.25) is 4.79 Å². The predicted octanol–water partition coefficient (Wildman–Crippen LogP) is 2.43. The number of amides is 1. The van der Waals surface area contributed by atoms with Crippen LogP contribution in [0.2, 0.25) is 0 Å². The van der Waals surface area contributed by atoms with E-state index in [1.165, 1.54) is 12.8 Å². The summed E-state index contributed by atoms with van der Waals surface area (Å²) >= 11 is 0. The molecule has 0 spiro atoms. The van der Waals surface area contributed by atoms with Crippen LogP contribution in [0.5, 0.6) is 5.75 Å². The number of benzene rings is 1. The minimum atomic E-state index is -0.0151. The Morgan fingerprint density at radius 1 is 1.21 bits per heavy atom. The quantitative estimate of drug-likeness (QED) is 0.475. The van der Waals surface area contributed by atoms with Crippen LogP contribution in [0.25, 0.3) is 0 Å². The maximum absolute atomic E-state index is 11.9. The van der Waals surface area contributed by atoms with E-state index in [-0.39, 0.29) is 12.5 Å². The number of carbonyl (C=O) groups is 1. The Labute approximate surface area is 172 Å². The van der Waals surface area contributed by atoms with Crippen molar-refractivity contribution in [3.63, 3.8) is 0 Å². The maximum atomic E-state index is 11.9. The Morgan fingerprint density at radius 3 is 2.76 bits per heavy atom. The van der Waals surface area contributed by atoms with Gasteiger partial charge in [-0.15, -0.1) is 0 Å². The summed E-state index contributed by atoms with van der Waals surface area (Å²) < 4.78 is 11.3. The van der Waals surface area contributed by atoms with Crippen molar-refractivity contribution in [2.75, 3.05) is 33.8 Å². The highest BCUT2D eigenvalue weighted by molar-refractivity contribution is 5.86. The zero-order chi connectivity index (χ0) is 20.5. The molecule has 0 aliphatic heterocycles. The molecule has 1 amide bonds. The first-order valence-corrected chi connectivity index (χ1v) is 10.1. The molecule has 1 aliphatic rings. The second-order valence-electron chi connectivity index (χ2n) is 7.42. The number of carbonyl (C=O) groups excluding carboxylic acids is 1. The lowest BCUT2D eigenvalue weighted by Crippen LogP contribution is -2.43. The van der Waals surface area contributed by atoms with Gasteiger partial charge in [-0.2, -0.15) is 0 Å². The fourth-order valence-corrected chi connectivity index (χ4v) is 2.68. The van der Waals surface area contributed by atoms with Gasteiger partial charge in [0.05, 0.1) is 26.0 Å². The lowest BCUT2D eigenvalue weighted by Gasteiger charge is -2.15. The molecule has 7 nitrogen and oxygen atoms in total. The van der Waals surface area contributed by atoms with Crippen molar-refractivity contribution >= 4 is 11.9 Å². The summed E-state index contributed by atoms with van der Waals surface area (Å²) in [7, 11) is 3.47. The Morgan fingerprint density at radius 2 is 2.03 bits per heavy atom. The molecule has 1 aromatic carbocycles. The zero-order valence-corrected chi connectivity index (χ0v) is 17.2. The van der Waals surface area contributed by atoms with E-state index in [1.54, 1.807) is 25.3 Å². The number of hydrogen-bond donors (Lipinski definition) is 2. The Hall–Kier alpha value is -2.96. The fourth-order valence-electron chi connectivity index (χ4n) is 2.68. The van der Waals surface area contributed by atoms with Gasteiger partial charge in [-0.1, -0.05) is 18.2 Å². The first kappa shape index (κ1) is 20.8. The van der Waals surface area contributed by atoms with Gasteiger partial charge in [0.2, 0.25) is 5.91 Å². The molecule has 0 saturated heterocycles. The summed E-state index contributed by atoms with van der Waals surface area (Å²) in [5.74, 6) is 3.05. The number of nitrogens with one attached hydrogen (secondary N) is 2. The van der Waals surface area contributed by atoms with Crippen molar-refractivity contribution in [3.05, 3.63) is 54.0 Å². The number of aliphatic imine (C=N–C) groups is 1. The highest BCUT2D eigenvalue weighted by atomic mass is 16.5. The topological polar surface area (TPSA) is 79.1 Å². The van der Waals surface area contributed by atoms with Crippen LogP contribution in [0.15, 0.2) is 52.1 Å². The monoisotopic (exact) mass is 398 g/mol. The maximum Gasteiger partial charge on any atom is 0.241 e.